The van der Waals surface area contributed by atoms with Crippen LogP contribution in [0.4, 0.5) is 14.5 Å². The van der Waals surface area contributed by atoms with Gasteiger partial charge in [-0.3, -0.25) is 5.43 Å². The molecule has 2 aromatic carbocycles. The number of benzene rings is 2. The molecule has 0 radical (unpaired) electrons. The lowest BCUT2D eigenvalue weighted by molar-refractivity contribution is 0.349. The van der Waals surface area contributed by atoms with Crippen molar-refractivity contribution in [2.45, 2.75) is 0 Å². The van der Waals surface area contributed by atoms with Crippen molar-refractivity contribution in [1.82, 2.24) is 0 Å². The highest BCUT2D eigenvalue weighted by atomic mass is 19.1. The molecule has 2 aromatic rings. The summed E-state index contributed by atoms with van der Waals surface area (Å²) in [6.07, 6.45) is 1.43. The Bertz CT molecular complexity index is 721. The third-order valence-electron chi connectivity index (χ3n) is 3.06. The van der Waals surface area contributed by atoms with Crippen LogP contribution in [-0.4, -0.2) is 27.5 Å². The highest BCUT2D eigenvalue weighted by Crippen LogP contribution is 2.33. The van der Waals surface area contributed by atoms with E-state index in [0.717, 1.165) is 12.1 Å². The van der Waals surface area contributed by atoms with Crippen molar-refractivity contribution < 1.29 is 23.0 Å². The molecule has 0 aliphatic heterocycles. The van der Waals surface area contributed by atoms with Gasteiger partial charge in [0.2, 0.25) is 0 Å². The van der Waals surface area contributed by atoms with E-state index in [1.165, 1.54) is 33.6 Å². The number of halogens is 2. The standard InChI is InChI=1S/C16H16F2N2O3/c1-21-14-8-16(23-3)15(22-2)6-10(14)9-19-20-13-5-4-11(17)7-12(13)18/h4-9,20H,1-3H3. The molecular weight excluding hydrogens is 306 g/mol. The number of anilines is 1. The summed E-state index contributed by atoms with van der Waals surface area (Å²) in [7, 11) is 4.53. The average Bonchev–Trinajstić information content (AvgIpc) is 2.56. The third-order valence-corrected chi connectivity index (χ3v) is 3.06. The van der Waals surface area contributed by atoms with E-state index in [2.05, 4.69) is 10.5 Å². The largest absolute Gasteiger partial charge is 0.496 e. The second-order valence-electron chi connectivity index (χ2n) is 4.44. The monoisotopic (exact) mass is 322 g/mol. The van der Waals surface area contributed by atoms with Crippen LogP contribution in [0.25, 0.3) is 0 Å². The zero-order valence-electron chi connectivity index (χ0n) is 12.9. The number of methoxy groups -OCH3 is 3. The number of nitrogens with zero attached hydrogens (tertiary/aromatic N) is 1. The average molecular weight is 322 g/mol. The SMILES string of the molecule is COc1cc(OC)c(OC)cc1C=NNc1ccc(F)cc1F. The molecule has 122 valence electrons. The van der Waals surface area contributed by atoms with Crippen LogP contribution in [0.2, 0.25) is 0 Å². The van der Waals surface area contributed by atoms with Gasteiger partial charge in [0.05, 0.1) is 33.2 Å². The van der Waals surface area contributed by atoms with Crippen molar-refractivity contribution in [1.29, 1.82) is 0 Å². The smallest absolute Gasteiger partial charge is 0.164 e. The van der Waals surface area contributed by atoms with E-state index in [4.69, 9.17) is 14.2 Å². The highest BCUT2D eigenvalue weighted by Gasteiger charge is 2.10. The molecule has 5 nitrogen and oxygen atoms in total. The van der Waals surface area contributed by atoms with Gasteiger partial charge in [-0.15, -0.1) is 0 Å². The zero-order chi connectivity index (χ0) is 16.8. The summed E-state index contributed by atoms with van der Waals surface area (Å²) in [4.78, 5) is 0. The molecule has 23 heavy (non-hydrogen) atoms. The predicted molar refractivity (Wildman–Crippen MR) is 83.7 cm³/mol. The van der Waals surface area contributed by atoms with Crippen LogP contribution in [-0.2, 0) is 0 Å². The third kappa shape index (κ3) is 3.88. The fraction of sp³-hybridized carbons (Fsp3) is 0.188. The molecular formula is C16H16F2N2O3. The molecule has 0 amide bonds. The molecule has 7 heteroatoms. The summed E-state index contributed by atoms with van der Waals surface area (Å²) >= 11 is 0. The first-order valence-corrected chi connectivity index (χ1v) is 6.63. The van der Waals surface area contributed by atoms with E-state index in [0.29, 0.717) is 22.8 Å². The van der Waals surface area contributed by atoms with Crippen molar-refractivity contribution in [2.24, 2.45) is 5.10 Å². The van der Waals surface area contributed by atoms with E-state index in [-0.39, 0.29) is 5.69 Å². The molecule has 0 spiro atoms. The lowest BCUT2D eigenvalue weighted by Gasteiger charge is -2.11. The van der Waals surface area contributed by atoms with E-state index < -0.39 is 11.6 Å². The minimum Gasteiger partial charge on any atom is -0.496 e. The Morgan fingerprint density at radius 1 is 0.913 bits per heavy atom. The highest BCUT2D eigenvalue weighted by molar-refractivity contribution is 5.85. The minimum atomic E-state index is -0.735. The van der Waals surface area contributed by atoms with Crippen molar-refractivity contribution in [2.75, 3.05) is 26.8 Å². The summed E-state index contributed by atoms with van der Waals surface area (Å²) in [6, 6.07) is 6.49. The van der Waals surface area contributed by atoms with Crippen LogP contribution < -0.4 is 19.6 Å². The molecule has 2 rings (SSSR count). The lowest BCUT2D eigenvalue weighted by atomic mass is 10.2. The first kappa shape index (κ1) is 16.5. The number of nitrogens with one attached hydrogen (secondary N) is 1. The van der Waals surface area contributed by atoms with E-state index in [1.807, 2.05) is 0 Å². The number of hydrogen-bond acceptors (Lipinski definition) is 5. The van der Waals surface area contributed by atoms with Gasteiger partial charge >= 0.3 is 0 Å². The van der Waals surface area contributed by atoms with Crippen molar-refractivity contribution in [3.63, 3.8) is 0 Å². The van der Waals surface area contributed by atoms with Gasteiger partial charge in [-0.2, -0.15) is 5.10 Å². The first-order chi connectivity index (χ1) is 11.1. The summed E-state index contributed by atoms with van der Waals surface area (Å²) in [6.45, 7) is 0. The summed E-state index contributed by atoms with van der Waals surface area (Å²) < 4.78 is 42.0. The summed E-state index contributed by atoms with van der Waals surface area (Å²) in [5.74, 6) is 0.134. The Kier molecular flexibility index (Phi) is 5.35. The maximum Gasteiger partial charge on any atom is 0.164 e. The molecule has 0 fully saturated rings. The summed E-state index contributed by atoms with van der Waals surface area (Å²) in [5.41, 5.74) is 3.16. The first-order valence-electron chi connectivity index (χ1n) is 6.63. The van der Waals surface area contributed by atoms with Gasteiger partial charge in [-0.25, -0.2) is 8.78 Å². The number of ether oxygens (including phenoxy) is 3. The van der Waals surface area contributed by atoms with Gasteiger partial charge in [-0.1, -0.05) is 0 Å². The van der Waals surface area contributed by atoms with Crippen molar-refractivity contribution in [3.05, 3.63) is 47.5 Å². The molecule has 0 aliphatic rings. The molecule has 0 bridgehead atoms. The van der Waals surface area contributed by atoms with Gasteiger partial charge < -0.3 is 14.2 Å². The second-order valence-corrected chi connectivity index (χ2v) is 4.44. The molecule has 0 atom stereocenters. The number of rotatable bonds is 6. The van der Waals surface area contributed by atoms with E-state index in [9.17, 15) is 8.78 Å². The maximum atomic E-state index is 13.5. The van der Waals surface area contributed by atoms with Gasteiger partial charge in [0.15, 0.2) is 17.3 Å². The van der Waals surface area contributed by atoms with Crippen LogP contribution in [0.1, 0.15) is 5.56 Å². The normalized spacial score (nSPS) is 10.7. The molecule has 1 N–H and O–H groups in total. The predicted octanol–water partition coefficient (Wildman–Crippen LogP) is 3.44. The van der Waals surface area contributed by atoms with Crippen LogP contribution in [0, 0.1) is 11.6 Å². The van der Waals surface area contributed by atoms with Crippen LogP contribution in [0.15, 0.2) is 35.4 Å². The topological polar surface area (TPSA) is 52.1 Å². The Hall–Kier alpha value is -2.83. The van der Waals surface area contributed by atoms with E-state index in [1.54, 1.807) is 12.1 Å². The van der Waals surface area contributed by atoms with Crippen molar-refractivity contribution >= 4 is 11.9 Å². The summed E-state index contributed by atoms with van der Waals surface area (Å²) in [5, 5.41) is 3.93. The number of hydrazone groups is 1. The van der Waals surface area contributed by atoms with Gasteiger partial charge in [0.25, 0.3) is 0 Å². The Morgan fingerprint density at radius 2 is 1.57 bits per heavy atom. The van der Waals surface area contributed by atoms with Crippen LogP contribution >= 0.6 is 0 Å². The molecule has 0 saturated heterocycles. The fourth-order valence-corrected chi connectivity index (χ4v) is 1.91. The van der Waals surface area contributed by atoms with Gasteiger partial charge in [0, 0.05) is 17.7 Å². The maximum absolute atomic E-state index is 13.5. The zero-order valence-corrected chi connectivity index (χ0v) is 12.9. The molecule has 0 aromatic heterocycles. The molecule has 0 aliphatic carbocycles. The Morgan fingerprint density at radius 3 is 2.17 bits per heavy atom. The van der Waals surface area contributed by atoms with Gasteiger partial charge in [0.1, 0.15) is 11.6 Å². The van der Waals surface area contributed by atoms with Crippen LogP contribution in [0.5, 0.6) is 17.2 Å². The number of hydrogen-bond donors (Lipinski definition) is 1. The van der Waals surface area contributed by atoms with Gasteiger partial charge in [-0.05, 0) is 18.2 Å². The Labute approximate surface area is 132 Å². The molecule has 0 saturated carbocycles. The quantitative estimate of drug-likeness (QED) is 0.654. The van der Waals surface area contributed by atoms with Crippen molar-refractivity contribution in [3.8, 4) is 17.2 Å². The van der Waals surface area contributed by atoms with E-state index >= 15 is 0 Å². The molecule has 0 unspecified atom stereocenters. The fourth-order valence-electron chi connectivity index (χ4n) is 1.91. The lowest BCUT2D eigenvalue weighted by Crippen LogP contribution is -1.98. The van der Waals surface area contributed by atoms with Crippen LogP contribution in [0.3, 0.4) is 0 Å². The molecule has 0 heterocycles. The second kappa shape index (κ2) is 7.44. The Balaban J connectivity index is 2.24. The minimum absolute atomic E-state index is 0.0575.